The highest BCUT2D eigenvalue weighted by Crippen LogP contribution is 2.40. The molecule has 0 spiro atoms. The first-order valence-electron chi connectivity index (χ1n) is 8.25. The van der Waals surface area contributed by atoms with E-state index in [1.54, 1.807) is 0 Å². The summed E-state index contributed by atoms with van der Waals surface area (Å²) < 4.78 is 0. The number of para-hydroxylation sites is 1. The number of nitrogens with one attached hydrogen (secondary N) is 2. The Hall–Kier alpha value is -1.84. The lowest BCUT2D eigenvalue weighted by molar-refractivity contribution is -0.125. The van der Waals surface area contributed by atoms with Crippen molar-refractivity contribution in [3.63, 3.8) is 0 Å². The van der Waals surface area contributed by atoms with Gasteiger partial charge in [0.1, 0.15) is 0 Å². The number of rotatable bonds is 7. The van der Waals surface area contributed by atoms with E-state index >= 15 is 0 Å². The summed E-state index contributed by atoms with van der Waals surface area (Å²) in [5.74, 6) is -0.328. The molecule has 4 heteroatoms. The SMILES string of the molecule is CCCCNC(=O)C1CC1C(=O)Nc1c(C)cccc1CC. The Bertz CT molecular complexity index is 554. The highest BCUT2D eigenvalue weighted by molar-refractivity contribution is 6.00. The Kier molecular flexibility index (Phi) is 5.58. The van der Waals surface area contributed by atoms with Gasteiger partial charge in [-0.05, 0) is 37.3 Å². The van der Waals surface area contributed by atoms with Crippen LogP contribution >= 0.6 is 0 Å². The number of hydrogen-bond acceptors (Lipinski definition) is 2. The zero-order valence-electron chi connectivity index (χ0n) is 13.7. The number of amides is 2. The third-order valence-electron chi connectivity index (χ3n) is 4.28. The van der Waals surface area contributed by atoms with Crippen LogP contribution in [-0.2, 0) is 16.0 Å². The third-order valence-corrected chi connectivity index (χ3v) is 4.28. The number of aryl methyl sites for hydroxylation is 2. The lowest BCUT2D eigenvalue weighted by atomic mass is 10.1. The molecule has 1 aromatic carbocycles. The number of hydrogen-bond donors (Lipinski definition) is 2. The molecule has 0 aromatic heterocycles. The van der Waals surface area contributed by atoms with Gasteiger partial charge < -0.3 is 10.6 Å². The summed E-state index contributed by atoms with van der Waals surface area (Å²) >= 11 is 0. The predicted molar refractivity (Wildman–Crippen MR) is 88.7 cm³/mol. The van der Waals surface area contributed by atoms with Gasteiger partial charge in [0.25, 0.3) is 0 Å². The smallest absolute Gasteiger partial charge is 0.228 e. The van der Waals surface area contributed by atoms with Crippen LogP contribution in [0.5, 0.6) is 0 Å². The van der Waals surface area contributed by atoms with E-state index in [1.807, 2.05) is 25.1 Å². The van der Waals surface area contributed by atoms with Gasteiger partial charge in [-0.15, -0.1) is 0 Å². The quantitative estimate of drug-likeness (QED) is 0.761. The molecule has 1 aliphatic carbocycles. The summed E-state index contributed by atoms with van der Waals surface area (Å²) in [6.45, 7) is 6.87. The summed E-state index contributed by atoms with van der Waals surface area (Å²) in [6, 6.07) is 6.03. The van der Waals surface area contributed by atoms with Crippen molar-refractivity contribution in [1.82, 2.24) is 5.32 Å². The van der Waals surface area contributed by atoms with Gasteiger partial charge in [0.2, 0.25) is 11.8 Å². The van der Waals surface area contributed by atoms with Crippen LogP contribution in [0.15, 0.2) is 18.2 Å². The molecule has 0 radical (unpaired) electrons. The molecule has 2 amide bonds. The van der Waals surface area contributed by atoms with Crippen molar-refractivity contribution in [2.45, 2.75) is 46.5 Å². The lowest BCUT2D eigenvalue weighted by Crippen LogP contribution is -2.28. The van der Waals surface area contributed by atoms with Crippen molar-refractivity contribution in [2.75, 3.05) is 11.9 Å². The second kappa shape index (κ2) is 7.43. The minimum Gasteiger partial charge on any atom is -0.356 e. The molecule has 120 valence electrons. The standard InChI is InChI=1S/C18H26N2O2/c1-4-6-10-19-17(21)14-11-15(14)18(22)20-16-12(3)8-7-9-13(16)5-2/h7-9,14-15H,4-6,10-11H2,1-3H3,(H,19,21)(H,20,22). The number of carbonyl (C=O) groups is 2. The monoisotopic (exact) mass is 302 g/mol. The maximum Gasteiger partial charge on any atom is 0.228 e. The average molecular weight is 302 g/mol. The predicted octanol–water partition coefficient (Wildman–Crippen LogP) is 3.05. The Morgan fingerprint density at radius 3 is 2.59 bits per heavy atom. The Labute approximate surface area is 132 Å². The average Bonchev–Trinajstić information content (AvgIpc) is 3.30. The molecule has 0 heterocycles. The van der Waals surface area contributed by atoms with E-state index < -0.39 is 0 Å². The molecule has 2 rings (SSSR count). The first-order valence-corrected chi connectivity index (χ1v) is 8.25. The second-order valence-corrected chi connectivity index (χ2v) is 6.05. The second-order valence-electron chi connectivity index (χ2n) is 6.05. The lowest BCUT2D eigenvalue weighted by Gasteiger charge is -2.13. The van der Waals surface area contributed by atoms with Crippen LogP contribution in [0.4, 0.5) is 5.69 Å². The number of benzene rings is 1. The molecule has 1 aliphatic rings. The molecular formula is C18H26N2O2. The molecule has 1 aromatic rings. The molecule has 0 aliphatic heterocycles. The number of unbranched alkanes of at least 4 members (excludes halogenated alkanes) is 1. The minimum absolute atomic E-state index is 0.0223. The van der Waals surface area contributed by atoms with Crippen molar-refractivity contribution < 1.29 is 9.59 Å². The van der Waals surface area contributed by atoms with E-state index in [1.165, 1.54) is 0 Å². The fourth-order valence-corrected chi connectivity index (χ4v) is 2.71. The molecule has 2 atom stereocenters. The van der Waals surface area contributed by atoms with Crippen molar-refractivity contribution in [1.29, 1.82) is 0 Å². The summed E-state index contributed by atoms with van der Waals surface area (Å²) in [5.41, 5.74) is 3.11. The van der Waals surface area contributed by atoms with Crippen LogP contribution < -0.4 is 10.6 Å². The highest BCUT2D eigenvalue weighted by Gasteiger charge is 2.47. The molecule has 2 N–H and O–H groups in total. The van der Waals surface area contributed by atoms with Gasteiger partial charge in [-0.2, -0.15) is 0 Å². The van der Waals surface area contributed by atoms with Crippen LogP contribution in [-0.4, -0.2) is 18.4 Å². The molecule has 0 bridgehead atoms. The molecular weight excluding hydrogens is 276 g/mol. The Morgan fingerprint density at radius 1 is 1.18 bits per heavy atom. The number of carbonyl (C=O) groups excluding carboxylic acids is 2. The summed E-state index contributed by atoms with van der Waals surface area (Å²) in [6.07, 6.45) is 3.58. The van der Waals surface area contributed by atoms with Crippen LogP contribution in [0.1, 0.15) is 44.2 Å². The van der Waals surface area contributed by atoms with Gasteiger partial charge in [-0.1, -0.05) is 38.5 Å². The first-order chi connectivity index (χ1) is 10.6. The van der Waals surface area contributed by atoms with E-state index in [4.69, 9.17) is 0 Å². The van der Waals surface area contributed by atoms with Gasteiger partial charge in [0, 0.05) is 12.2 Å². The number of anilines is 1. The van der Waals surface area contributed by atoms with Gasteiger partial charge in [-0.25, -0.2) is 0 Å². The first kappa shape index (κ1) is 16.5. The zero-order valence-corrected chi connectivity index (χ0v) is 13.7. The normalized spacial score (nSPS) is 19.6. The summed E-state index contributed by atoms with van der Waals surface area (Å²) in [4.78, 5) is 24.3. The molecule has 4 nitrogen and oxygen atoms in total. The minimum atomic E-state index is -0.175. The van der Waals surface area contributed by atoms with E-state index in [0.717, 1.165) is 36.1 Å². The highest BCUT2D eigenvalue weighted by atomic mass is 16.2. The zero-order chi connectivity index (χ0) is 16.1. The topological polar surface area (TPSA) is 58.2 Å². The van der Waals surface area contributed by atoms with E-state index in [9.17, 15) is 9.59 Å². The van der Waals surface area contributed by atoms with Crippen molar-refractivity contribution >= 4 is 17.5 Å². The fraction of sp³-hybridized carbons (Fsp3) is 0.556. The maximum absolute atomic E-state index is 12.3. The molecule has 1 saturated carbocycles. The van der Waals surface area contributed by atoms with Crippen LogP contribution in [0.3, 0.4) is 0 Å². The fourth-order valence-electron chi connectivity index (χ4n) is 2.71. The van der Waals surface area contributed by atoms with Crippen molar-refractivity contribution in [2.24, 2.45) is 11.8 Å². The van der Waals surface area contributed by atoms with Crippen LogP contribution in [0.25, 0.3) is 0 Å². The Balaban J connectivity index is 1.91. The van der Waals surface area contributed by atoms with Gasteiger partial charge in [0.15, 0.2) is 0 Å². The van der Waals surface area contributed by atoms with Crippen LogP contribution in [0, 0.1) is 18.8 Å². The van der Waals surface area contributed by atoms with E-state index in [-0.39, 0.29) is 23.7 Å². The molecule has 1 fully saturated rings. The van der Waals surface area contributed by atoms with E-state index in [0.29, 0.717) is 13.0 Å². The van der Waals surface area contributed by atoms with Crippen LogP contribution in [0.2, 0.25) is 0 Å². The molecule has 0 saturated heterocycles. The van der Waals surface area contributed by atoms with Gasteiger partial charge in [0.05, 0.1) is 11.8 Å². The van der Waals surface area contributed by atoms with Crippen molar-refractivity contribution in [3.8, 4) is 0 Å². The maximum atomic E-state index is 12.3. The molecule has 22 heavy (non-hydrogen) atoms. The Morgan fingerprint density at radius 2 is 1.91 bits per heavy atom. The summed E-state index contributed by atoms with van der Waals surface area (Å²) in [7, 11) is 0. The largest absolute Gasteiger partial charge is 0.356 e. The molecule has 2 unspecified atom stereocenters. The van der Waals surface area contributed by atoms with Gasteiger partial charge in [-0.3, -0.25) is 9.59 Å². The van der Waals surface area contributed by atoms with Gasteiger partial charge >= 0.3 is 0 Å². The van der Waals surface area contributed by atoms with Crippen molar-refractivity contribution in [3.05, 3.63) is 29.3 Å². The third kappa shape index (κ3) is 3.87. The van der Waals surface area contributed by atoms with E-state index in [2.05, 4.69) is 24.5 Å². The summed E-state index contributed by atoms with van der Waals surface area (Å²) in [5, 5.41) is 5.93.